The second-order valence-electron chi connectivity index (χ2n) is 8.88. The van der Waals surface area contributed by atoms with E-state index in [4.69, 9.17) is 0 Å². The first-order chi connectivity index (χ1) is 11.0. The second kappa shape index (κ2) is 5.48. The summed E-state index contributed by atoms with van der Waals surface area (Å²) in [7, 11) is 0. The Balaban J connectivity index is 2.11. The van der Waals surface area contributed by atoms with E-state index < -0.39 is 5.97 Å². The summed E-state index contributed by atoms with van der Waals surface area (Å²) in [6.45, 7) is 13.0. The van der Waals surface area contributed by atoms with Crippen LogP contribution in [0, 0.1) is 11.3 Å². The molecule has 2 heterocycles. The van der Waals surface area contributed by atoms with Crippen LogP contribution in [0.5, 0.6) is 0 Å². The van der Waals surface area contributed by atoms with Gasteiger partial charge in [0.05, 0.1) is 0 Å². The van der Waals surface area contributed by atoms with Crippen LogP contribution in [0.4, 0.5) is 5.82 Å². The Kier molecular flexibility index (Phi) is 3.94. The van der Waals surface area contributed by atoms with Crippen LogP contribution in [0.2, 0.25) is 0 Å². The lowest BCUT2D eigenvalue weighted by molar-refractivity contribution is 0.0692. The molecule has 0 bridgehead atoms. The minimum atomic E-state index is -0.977. The van der Waals surface area contributed by atoms with E-state index >= 15 is 0 Å². The lowest BCUT2D eigenvalue weighted by Crippen LogP contribution is -2.29. The molecule has 6 heteroatoms. The van der Waals surface area contributed by atoms with Gasteiger partial charge in [-0.15, -0.1) is 11.3 Å². The summed E-state index contributed by atoms with van der Waals surface area (Å²) < 4.78 is 2.05. The summed E-state index contributed by atoms with van der Waals surface area (Å²) in [6.07, 6.45) is 3.17. The molecule has 0 amide bonds. The van der Waals surface area contributed by atoms with Crippen molar-refractivity contribution in [3.05, 3.63) is 16.3 Å². The van der Waals surface area contributed by atoms with Gasteiger partial charge in [-0.25, -0.2) is 9.78 Å². The highest BCUT2D eigenvalue weighted by Crippen LogP contribution is 2.41. The zero-order chi connectivity index (χ0) is 17.9. The van der Waals surface area contributed by atoms with Crippen molar-refractivity contribution in [3.8, 4) is 0 Å². The number of rotatable bonds is 2. The lowest BCUT2D eigenvalue weighted by Gasteiger charge is -2.33. The fourth-order valence-corrected chi connectivity index (χ4v) is 4.66. The van der Waals surface area contributed by atoms with Gasteiger partial charge >= 0.3 is 5.97 Å². The Labute approximate surface area is 147 Å². The first kappa shape index (κ1) is 17.3. The molecule has 1 unspecified atom stereocenters. The molecule has 2 N–H and O–H groups in total. The molecule has 132 valence electrons. The number of carboxylic acid groups (broad SMARTS) is 1. The van der Waals surface area contributed by atoms with Crippen molar-refractivity contribution in [2.45, 2.75) is 66.3 Å². The first-order valence-corrected chi connectivity index (χ1v) is 9.33. The minimum Gasteiger partial charge on any atom is -0.476 e. The van der Waals surface area contributed by atoms with Crippen molar-refractivity contribution >= 4 is 28.1 Å². The zero-order valence-corrected chi connectivity index (χ0v) is 16.2. The number of carbonyl (C=O) groups is 1. The lowest BCUT2D eigenvalue weighted by atomic mass is 9.73. The van der Waals surface area contributed by atoms with Gasteiger partial charge in [0.1, 0.15) is 5.82 Å². The average Bonchev–Trinajstić information content (AvgIpc) is 2.92. The van der Waals surface area contributed by atoms with E-state index in [1.807, 2.05) is 25.2 Å². The molecule has 1 aliphatic carbocycles. The van der Waals surface area contributed by atoms with E-state index in [1.165, 1.54) is 10.6 Å². The van der Waals surface area contributed by atoms with E-state index in [1.54, 1.807) is 11.3 Å². The van der Waals surface area contributed by atoms with E-state index in [2.05, 4.69) is 31.1 Å². The third-order valence-electron chi connectivity index (χ3n) is 4.74. The zero-order valence-electron chi connectivity index (χ0n) is 15.4. The van der Waals surface area contributed by atoms with Crippen LogP contribution in [-0.2, 0) is 12.8 Å². The van der Waals surface area contributed by atoms with Crippen molar-refractivity contribution in [2.24, 2.45) is 11.3 Å². The molecule has 0 spiro atoms. The second-order valence-corrected chi connectivity index (χ2v) is 9.95. The fourth-order valence-electron chi connectivity index (χ4n) is 3.42. The Bertz CT molecular complexity index is 790. The SMILES string of the molecule is CC(C)(C)Nc1c(C(=O)O)nc2sc3c(n12)CCC(C(C)(C)C)C3. The van der Waals surface area contributed by atoms with Gasteiger partial charge in [-0.05, 0) is 51.4 Å². The maximum absolute atomic E-state index is 11.6. The fraction of sp³-hybridized carbons (Fsp3) is 0.667. The average molecular weight is 350 g/mol. The highest BCUT2D eigenvalue weighted by molar-refractivity contribution is 7.17. The first-order valence-electron chi connectivity index (χ1n) is 8.52. The van der Waals surface area contributed by atoms with Gasteiger partial charge in [0.2, 0.25) is 0 Å². The number of aromatic carboxylic acids is 1. The molecule has 0 saturated heterocycles. The molecule has 24 heavy (non-hydrogen) atoms. The molecule has 0 aromatic carbocycles. The molecule has 0 radical (unpaired) electrons. The van der Waals surface area contributed by atoms with E-state index in [9.17, 15) is 9.90 Å². The van der Waals surface area contributed by atoms with Crippen LogP contribution in [-0.4, -0.2) is 26.0 Å². The van der Waals surface area contributed by atoms with Gasteiger partial charge in [0.25, 0.3) is 0 Å². The number of imidazole rings is 1. The van der Waals surface area contributed by atoms with Gasteiger partial charge in [-0.3, -0.25) is 4.40 Å². The molecule has 5 nitrogen and oxygen atoms in total. The molecular weight excluding hydrogens is 322 g/mol. The Morgan fingerprint density at radius 3 is 2.50 bits per heavy atom. The number of aryl methyl sites for hydroxylation is 1. The molecule has 0 aliphatic heterocycles. The Morgan fingerprint density at radius 2 is 1.96 bits per heavy atom. The van der Waals surface area contributed by atoms with Gasteiger partial charge in [-0.2, -0.15) is 0 Å². The number of nitrogens with zero attached hydrogens (tertiary/aromatic N) is 2. The number of thiazole rings is 1. The van der Waals surface area contributed by atoms with E-state index in [0.717, 1.165) is 24.2 Å². The smallest absolute Gasteiger partial charge is 0.358 e. The highest BCUT2D eigenvalue weighted by Gasteiger charge is 2.33. The van der Waals surface area contributed by atoms with E-state index in [-0.39, 0.29) is 11.2 Å². The summed E-state index contributed by atoms with van der Waals surface area (Å²) in [5.41, 5.74) is 1.43. The van der Waals surface area contributed by atoms with Gasteiger partial charge in [0, 0.05) is 16.1 Å². The van der Waals surface area contributed by atoms with Crippen LogP contribution in [0.15, 0.2) is 0 Å². The van der Waals surface area contributed by atoms with Crippen molar-refractivity contribution < 1.29 is 9.90 Å². The van der Waals surface area contributed by atoms with Gasteiger partial charge < -0.3 is 10.4 Å². The molecule has 3 rings (SSSR count). The quantitative estimate of drug-likeness (QED) is 0.840. The standard InChI is InChI=1S/C18H27N3O2S/c1-17(2,3)10-7-8-11-12(9-10)24-16-19-13(15(22)23)14(21(11)16)20-18(4,5)6/h10,20H,7-9H2,1-6H3,(H,22,23). The molecule has 1 aliphatic rings. The molecule has 2 aromatic heterocycles. The summed E-state index contributed by atoms with van der Waals surface area (Å²) in [6, 6.07) is 0. The summed E-state index contributed by atoms with van der Waals surface area (Å²) in [5, 5.41) is 12.9. The maximum Gasteiger partial charge on any atom is 0.358 e. The summed E-state index contributed by atoms with van der Waals surface area (Å²) >= 11 is 1.65. The van der Waals surface area contributed by atoms with Gasteiger partial charge in [-0.1, -0.05) is 20.8 Å². The van der Waals surface area contributed by atoms with Crippen molar-refractivity contribution in [2.75, 3.05) is 5.32 Å². The number of aromatic nitrogens is 2. The molecule has 2 aromatic rings. The van der Waals surface area contributed by atoms with Crippen LogP contribution in [0.1, 0.15) is 69.0 Å². The van der Waals surface area contributed by atoms with Crippen molar-refractivity contribution in [1.29, 1.82) is 0 Å². The number of nitrogens with one attached hydrogen (secondary N) is 1. The third kappa shape index (κ3) is 3.04. The number of fused-ring (bicyclic) bond motifs is 3. The summed E-state index contributed by atoms with van der Waals surface area (Å²) in [5.74, 6) is 0.304. The molecule has 0 saturated carbocycles. The van der Waals surface area contributed by atoms with E-state index in [0.29, 0.717) is 17.2 Å². The Morgan fingerprint density at radius 1 is 1.29 bits per heavy atom. The van der Waals surface area contributed by atoms with Crippen molar-refractivity contribution in [1.82, 2.24) is 9.38 Å². The maximum atomic E-state index is 11.6. The number of carboxylic acids is 1. The van der Waals surface area contributed by atoms with Crippen LogP contribution in [0.25, 0.3) is 4.96 Å². The number of hydrogen-bond donors (Lipinski definition) is 2. The largest absolute Gasteiger partial charge is 0.476 e. The van der Waals surface area contributed by atoms with Crippen LogP contribution in [0.3, 0.4) is 0 Å². The third-order valence-corrected chi connectivity index (χ3v) is 5.84. The Hall–Kier alpha value is -1.56. The van der Waals surface area contributed by atoms with Crippen molar-refractivity contribution in [3.63, 3.8) is 0 Å². The minimum absolute atomic E-state index is 0.122. The molecule has 1 atom stereocenters. The normalized spacial score (nSPS) is 18.7. The summed E-state index contributed by atoms with van der Waals surface area (Å²) in [4.78, 5) is 18.2. The molecular formula is C18H27N3O2S. The topological polar surface area (TPSA) is 66.6 Å². The predicted molar refractivity (Wildman–Crippen MR) is 98.4 cm³/mol. The van der Waals surface area contributed by atoms with Crippen LogP contribution < -0.4 is 5.32 Å². The van der Waals surface area contributed by atoms with Gasteiger partial charge in [0.15, 0.2) is 10.7 Å². The van der Waals surface area contributed by atoms with Crippen LogP contribution >= 0.6 is 11.3 Å². The number of hydrogen-bond acceptors (Lipinski definition) is 4. The number of anilines is 1. The predicted octanol–water partition coefficient (Wildman–Crippen LogP) is 4.46. The molecule has 0 fully saturated rings. The monoisotopic (exact) mass is 349 g/mol. The highest BCUT2D eigenvalue weighted by atomic mass is 32.1.